The normalized spacial score (nSPS) is 11.7. The molecule has 10 rings (SSSR count). The number of rotatable bonds is 5. The topological polar surface area (TPSA) is 29.5 Å². The average Bonchev–Trinajstić information content (AvgIpc) is 3.74. The van der Waals surface area contributed by atoms with Gasteiger partial charge in [-0.15, -0.1) is 0 Å². The first-order valence-corrected chi connectivity index (χ1v) is 16.6. The highest BCUT2D eigenvalue weighted by atomic mass is 16.3. The zero-order valence-electron chi connectivity index (χ0n) is 26.5. The Hall–Kier alpha value is -6.58. The van der Waals surface area contributed by atoms with Gasteiger partial charge in [-0.2, -0.15) is 0 Å². The Morgan fingerprint density at radius 1 is 0.367 bits per heavy atom. The fraction of sp³-hybridized carbons (Fsp3) is 0. The molecule has 0 aliphatic rings. The molecule has 8 aromatic carbocycles. The maximum absolute atomic E-state index is 6.45. The lowest BCUT2D eigenvalue weighted by Gasteiger charge is -2.28. The molecule has 0 N–H and O–H groups in total. The number of fused-ring (bicyclic) bond motifs is 8. The van der Waals surface area contributed by atoms with Crippen molar-refractivity contribution >= 4 is 71.7 Å². The van der Waals surface area contributed by atoms with E-state index in [2.05, 4.69) is 163 Å². The van der Waals surface area contributed by atoms with Crippen LogP contribution in [0.3, 0.4) is 0 Å². The minimum Gasteiger partial charge on any atom is -0.456 e. The molecule has 10 aromatic rings. The molecule has 0 saturated carbocycles. The number of hydrogen-bond acceptors (Lipinski definition) is 3. The second kappa shape index (κ2) is 11.0. The van der Waals surface area contributed by atoms with Crippen molar-refractivity contribution in [2.75, 3.05) is 4.90 Å². The van der Waals surface area contributed by atoms with Gasteiger partial charge in [-0.3, -0.25) is 0 Å². The van der Waals surface area contributed by atoms with Crippen LogP contribution < -0.4 is 4.90 Å². The van der Waals surface area contributed by atoms with E-state index < -0.39 is 0 Å². The minimum absolute atomic E-state index is 0.892. The summed E-state index contributed by atoms with van der Waals surface area (Å²) in [5.41, 5.74) is 11.5. The van der Waals surface area contributed by atoms with E-state index in [-0.39, 0.29) is 0 Å². The molecule has 0 aliphatic heterocycles. The van der Waals surface area contributed by atoms with Crippen molar-refractivity contribution < 1.29 is 8.83 Å². The second-order valence-corrected chi connectivity index (χ2v) is 12.5. The smallest absolute Gasteiger partial charge is 0.143 e. The highest BCUT2D eigenvalue weighted by molar-refractivity contribution is 6.16. The van der Waals surface area contributed by atoms with E-state index in [1.807, 2.05) is 18.2 Å². The van der Waals surface area contributed by atoms with Crippen molar-refractivity contribution in [2.45, 2.75) is 0 Å². The Morgan fingerprint density at radius 3 is 1.94 bits per heavy atom. The molecule has 0 radical (unpaired) electrons. The molecule has 0 fully saturated rings. The molecule has 3 heteroatoms. The van der Waals surface area contributed by atoms with Crippen LogP contribution in [0.4, 0.5) is 17.1 Å². The maximum atomic E-state index is 6.45. The lowest BCUT2D eigenvalue weighted by molar-refractivity contribution is 0.669. The molecule has 230 valence electrons. The fourth-order valence-corrected chi connectivity index (χ4v) is 7.39. The first-order chi connectivity index (χ1) is 24.3. The SMILES string of the molecule is c1ccc(N(c2ccc(-c3cccc4oc5ccccc5c34)cc2)c2ccccc2-c2ccc3oc4c5ccccc5ccc4c3c2)cc1. The molecular formula is C46H29NO2. The van der Waals surface area contributed by atoms with Crippen LogP contribution in [-0.4, -0.2) is 0 Å². The van der Waals surface area contributed by atoms with Crippen LogP contribution in [0.15, 0.2) is 185 Å². The highest BCUT2D eigenvalue weighted by Crippen LogP contribution is 2.44. The molecule has 0 bridgehead atoms. The molecule has 0 atom stereocenters. The van der Waals surface area contributed by atoms with Crippen LogP contribution >= 0.6 is 0 Å². The van der Waals surface area contributed by atoms with E-state index in [0.717, 1.165) is 88.6 Å². The van der Waals surface area contributed by atoms with Crippen molar-refractivity contribution in [3.05, 3.63) is 176 Å². The first kappa shape index (κ1) is 27.5. The van der Waals surface area contributed by atoms with E-state index in [0.29, 0.717) is 0 Å². The van der Waals surface area contributed by atoms with Crippen LogP contribution in [0.2, 0.25) is 0 Å². The Labute approximate surface area is 282 Å². The van der Waals surface area contributed by atoms with Gasteiger partial charge >= 0.3 is 0 Å². The van der Waals surface area contributed by atoms with Crippen molar-refractivity contribution in [2.24, 2.45) is 0 Å². The molecule has 3 nitrogen and oxygen atoms in total. The third kappa shape index (κ3) is 4.44. The van der Waals surface area contributed by atoms with Crippen LogP contribution in [0, 0.1) is 0 Å². The molecule has 0 amide bonds. The van der Waals surface area contributed by atoms with Gasteiger partial charge in [-0.25, -0.2) is 0 Å². The Morgan fingerprint density at radius 2 is 1.04 bits per heavy atom. The molecule has 2 aromatic heterocycles. The van der Waals surface area contributed by atoms with Crippen molar-refractivity contribution in [1.82, 2.24) is 0 Å². The quantitative estimate of drug-likeness (QED) is 0.190. The molecular weight excluding hydrogens is 599 g/mol. The van der Waals surface area contributed by atoms with Gasteiger partial charge in [0, 0.05) is 43.9 Å². The number of furan rings is 2. The monoisotopic (exact) mass is 627 g/mol. The summed E-state index contributed by atoms with van der Waals surface area (Å²) in [6, 6.07) is 62.0. The summed E-state index contributed by atoms with van der Waals surface area (Å²) < 4.78 is 12.6. The summed E-state index contributed by atoms with van der Waals surface area (Å²) in [4.78, 5) is 2.35. The number of nitrogens with zero attached hydrogens (tertiary/aromatic N) is 1. The van der Waals surface area contributed by atoms with E-state index in [9.17, 15) is 0 Å². The number of hydrogen-bond donors (Lipinski definition) is 0. The first-order valence-electron chi connectivity index (χ1n) is 16.6. The zero-order valence-corrected chi connectivity index (χ0v) is 26.5. The zero-order chi connectivity index (χ0) is 32.3. The minimum atomic E-state index is 0.892. The Kier molecular flexibility index (Phi) is 6.18. The van der Waals surface area contributed by atoms with Crippen molar-refractivity contribution in [3.8, 4) is 22.3 Å². The van der Waals surface area contributed by atoms with Gasteiger partial charge in [-0.1, -0.05) is 115 Å². The van der Waals surface area contributed by atoms with Crippen LogP contribution in [-0.2, 0) is 0 Å². The third-order valence-corrected chi connectivity index (χ3v) is 9.67. The van der Waals surface area contributed by atoms with Crippen LogP contribution in [0.1, 0.15) is 0 Å². The lowest BCUT2D eigenvalue weighted by atomic mass is 9.98. The molecule has 0 aliphatic carbocycles. The second-order valence-electron chi connectivity index (χ2n) is 12.5. The summed E-state index contributed by atoms with van der Waals surface area (Å²) in [5.74, 6) is 0. The summed E-state index contributed by atoms with van der Waals surface area (Å²) in [5, 5.41) is 6.83. The Balaban J connectivity index is 1.11. The fourth-order valence-electron chi connectivity index (χ4n) is 7.39. The van der Waals surface area contributed by atoms with Crippen molar-refractivity contribution in [1.29, 1.82) is 0 Å². The van der Waals surface area contributed by atoms with Crippen LogP contribution in [0.5, 0.6) is 0 Å². The third-order valence-electron chi connectivity index (χ3n) is 9.67. The highest BCUT2D eigenvalue weighted by Gasteiger charge is 2.19. The lowest BCUT2D eigenvalue weighted by Crippen LogP contribution is -2.11. The van der Waals surface area contributed by atoms with E-state index in [1.165, 1.54) is 5.39 Å². The van der Waals surface area contributed by atoms with Gasteiger partial charge in [0.1, 0.15) is 22.3 Å². The maximum Gasteiger partial charge on any atom is 0.143 e. The van der Waals surface area contributed by atoms with E-state index in [4.69, 9.17) is 8.83 Å². The molecule has 49 heavy (non-hydrogen) atoms. The average molecular weight is 628 g/mol. The predicted octanol–water partition coefficient (Wildman–Crippen LogP) is 13.4. The summed E-state index contributed by atoms with van der Waals surface area (Å²) in [6.45, 7) is 0. The standard InChI is InChI=1S/C46H29NO2/c1-2-12-33(13-3-1)47(34-25-21-31(22-26-34)36-17-10-20-44-45(36)39-16-7-9-19-42(39)48-44)41-18-8-6-14-35(41)32-24-28-43-40(29-32)38-27-23-30-11-4-5-15-37(30)46(38)49-43/h1-29H. The number of para-hydroxylation sites is 3. The molecule has 2 heterocycles. The van der Waals surface area contributed by atoms with Gasteiger partial charge in [0.05, 0.1) is 5.69 Å². The van der Waals surface area contributed by atoms with Gasteiger partial charge in [0.25, 0.3) is 0 Å². The van der Waals surface area contributed by atoms with Gasteiger partial charge in [0.15, 0.2) is 0 Å². The molecule has 0 unspecified atom stereocenters. The van der Waals surface area contributed by atoms with E-state index >= 15 is 0 Å². The Bertz CT molecular complexity index is 2830. The number of anilines is 3. The summed E-state index contributed by atoms with van der Waals surface area (Å²) >= 11 is 0. The van der Waals surface area contributed by atoms with Crippen LogP contribution in [0.25, 0.3) is 76.9 Å². The van der Waals surface area contributed by atoms with Crippen molar-refractivity contribution in [3.63, 3.8) is 0 Å². The van der Waals surface area contributed by atoms with Gasteiger partial charge < -0.3 is 13.7 Å². The predicted molar refractivity (Wildman–Crippen MR) is 204 cm³/mol. The summed E-state index contributed by atoms with van der Waals surface area (Å²) in [7, 11) is 0. The van der Waals surface area contributed by atoms with Gasteiger partial charge in [0.2, 0.25) is 0 Å². The van der Waals surface area contributed by atoms with E-state index in [1.54, 1.807) is 0 Å². The summed E-state index contributed by atoms with van der Waals surface area (Å²) in [6.07, 6.45) is 0. The van der Waals surface area contributed by atoms with Gasteiger partial charge in [-0.05, 0) is 82.7 Å². The molecule has 0 saturated heterocycles. The number of benzene rings is 8. The molecule has 0 spiro atoms. The largest absolute Gasteiger partial charge is 0.456 e.